The fourth-order valence-electron chi connectivity index (χ4n) is 3.65. The quantitative estimate of drug-likeness (QED) is 0.288. The molecule has 0 amide bonds. The number of hydrogen-bond acceptors (Lipinski definition) is 7. The highest BCUT2D eigenvalue weighted by molar-refractivity contribution is 5.94. The van der Waals surface area contributed by atoms with Crippen LogP contribution in [0.5, 0.6) is 0 Å². The second kappa shape index (κ2) is 7.96. The number of ether oxygens (including phenoxy) is 2. The lowest BCUT2D eigenvalue weighted by Crippen LogP contribution is -2.29. The van der Waals surface area contributed by atoms with E-state index in [1.807, 2.05) is 28.8 Å². The molecule has 0 bridgehead atoms. The molecular weight excluding hydrogens is 388 g/mol. The Morgan fingerprint density at radius 3 is 2.80 bits per heavy atom. The van der Waals surface area contributed by atoms with Gasteiger partial charge in [0.2, 0.25) is 5.95 Å². The zero-order chi connectivity index (χ0) is 21.3. The molecule has 0 unspecified atom stereocenters. The molecule has 1 aliphatic rings. The normalized spacial score (nSPS) is 15.6. The third-order valence-corrected chi connectivity index (χ3v) is 4.97. The van der Waals surface area contributed by atoms with Crippen molar-refractivity contribution in [2.75, 3.05) is 25.6 Å². The number of methoxy groups -OCH3 is 1. The molecule has 0 saturated carbocycles. The summed E-state index contributed by atoms with van der Waals surface area (Å²) in [6.45, 7) is 2.14. The van der Waals surface area contributed by atoms with Crippen LogP contribution >= 0.6 is 0 Å². The number of fused-ring (bicyclic) bond motifs is 3. The molecule has 9 nitrogen and oxygen atoms in total. The SMILES string of the molecule is COCCOC(=O)C1=C(C)Nc2nc3ccccc3n2[C@@H]1c1cccc([N+](=O)[O-])c1. The van der Waals surface area contributed by atoms with Crippen molar-refractivity contribution in [2.24, 2.45) is 0 Å². The molecule has 30 heavy (non-hydrogen) atoms. The zero-order valence-corrected chi connectivity index (χ0v) is 16.5. The average molecular weight is 408 g/mol. The second-order valence-electron chi connectivity index (χ2n) is 6.84. The highest BCUT2D eigenvalue weighted by Gasteiger charge is 2.35. The van der Waals surface area contributed by atoms with E-state index in [0.29, 0.717) is 22.8 Å². The summed E-state index contributed by atoms with van der Waals surface area (Å²) in [7, 11) is 1.52. The molecule has 0 aliphatic carbocycles. The number of nitro benzene ring substituents is 1. The van der Waals surface area contributed by atoms with E-state index in [4.69, 9.17) is 9.47 Å². The third-order valence-electron chi connectivity index (χ3n) is 4.97. The van der Waals surface area contributed by atoms with Crippen LogP contribution in [0.2, 0.25) is 0 Å². The van der Waals surface area contributed by atoms with Gasteiger partial charge in [-0.15, -0.1) is 0 Å². The highest BCUT2D eigenvalue weighted by atomic mass is 16.6. The Morgan fingerprint density at radius 2 is 2.03 bits per heavy atom. The molecule has 2 aromatic carbocycles. The molecule has 0 saturated heterocycles. The number of allylic oxidation sites excluding steroid dienone is 1. The molecule has 2 heterocycles. The number of benzene rings is 2. The van der Waals surface area contributed by atoms with Crippen LogP contribution in [-0.2, 0) is 14.3 Å². The number of aromatic nitrogens is 2. The molecule has 1 atom stereocenters. The Balaban J connectivity index is 1.89. The summed E-state index contributed by atoms with van der Waals surface area (Å²) in [5.41, 5.74) is 3.03. The summed E-state index contributed by atoms with van der Waals surface area (Å²) in [5, 5.41) is 14.5. The van der Waals surface area contributed by atoms with Crippen LogP contribution in [0.4, 0.5) is 11.6 Å². The second-order valence-corrected chi connectivity index (χ2v) is 6.84. The van der Waals surface area contributed by atoms with Gasteiger partial charge in [0, 0.05) is 24.9 Å². The van der Waals surface area contributed by atoms with Gasteiger partial charge >= 0.3 is 5.97 Å². The number of anilines is 1. The van der Waals surface area contributed by atoms with Gasteiger partial charge in [-0.05, 0) is 24.6 Å². The largest absolute Gasteiger partial charge is 0.460 e. The van der Waals surface area contributed by atoms with Gasteiger partial charge < -0.3 is 14.8 Å². The topological polar surface area (TPSA) is 109 Å². The first-order valence-electron chi connectivity index (χ1n) is 9.36. The maximum Gasteiger partial charge on any atom is 0.338 e. The Morgan fingerprint density at radius 1 is 1.23 bits per heavy atom. The van der Waals surface area contributed by atoms with Gasteiger partial charge in [0.15, 0.2) is 0 Å². The number of imidazole rings is 1. The van der Waals surface area contributed by atoms with Crippen LogP contribution in [0.25, 0.3) is 11.0 Å². The Kier molecular flexibility index (Phi) is 5.20. The first-order valence-corrected chi connectivity index (χ1v) is 9.36. The third kappa shape index (κ3) is 3.39. The number of nitro groups is 1. The molecule has 1 aromatic heterocycles. The van der Waals surface area contributed by atoms with Gasteiger partial charge in [-0.25, -0.2) is 9.78 Å². The minimum atomic E-state index is -0.636. The number of para-hydroxylation sites is 2. The number of carbonyl (C=O) groups excluding carboxylic acids is 1. The van der Waals surface area contributed by atoms with Crippen LogP contribution in [-0.4, -0.2) is 40.8 Å². The van der Waals surface area contributed by atoms with E-state index in [1.54, 1.807) is 19.1 Å². The van der Waals surface area contributed by atoms with Crippen molar-refractivity contribution in [3.63, 3.8) is 0 Å². The smallest absolute Gasteiger partial charge is 0.338 e. The molecule has 9 heteroatoms. The van der Waals surface area contributed by atoms with Crippen LogP contribution in [0.15, 0.2) is 59.8 Å². The summed E-state index contributed by atoms with van der Waals surface area (Å²) in [6.07, 6.45) is 0. The number of hydrogen-bond donors (Lipinski definition) is 1. The number of esters is 1. The number of rotatable bonds is 6. The molecule has 1 N–H and O–H groups in total. The van der Waals surface area contributed by atoms with E-state index in [-0.39, 0.29) is 18.9 Å². The zero-order valence-electron chi connectivity index (χ0n) is 16.5. The number of non-ortho nitro benzene ring substituents is 1. The molecule has 0 fully saturated rings. The van der Waals surface area contributed by atoms with Crippen LogP contribution in [0.1, 0.15) is 18.5 Å². The molecular formula is C21H20N4O5. The standard InChI is InChI=1S/C21H20N4O5/c1-13-18(20(26)30-11-10-29-2)19(14-6-5-7-15(12-14)25(27)28)24-17-9-4-3-8-16(17)23-21(24)22-13/h3-9,12,19H,10-11H2,1-2H3,(H,22,23)/t19-/m1/s1. The first kappa shape index (κ1) is 19.6. The number of nitrogens with zero attached hydrogens (tertiary/aromatic N) is 3. The predicted molar refractivity (Wildman–Crippen MR) is 110 cm³/mol. The molecule has 1 aliphatic heterocycles. The Bertz CT molecular complexity index is 1170. The van der Waals surface area contributed by atoms with Crippen molar-refractivity contribution in [2.45, 2.75) is 13.0 Å². The lowest BCUT2D eigenvalue weighted by molar-refractivity contribution is -0.384. The van der Waals surface area contributed by atoms with E-state index >= 15 is 0 Å². The van der Waals surface area contributed by atoms with E-state index < -0.39 is 16.9 Å². The van der Waals surface area contributed by atoms with E-state index in [9.17, 15) is 14.9 Å². The van der Waals surface area contributed by atoms with Gasteiger partial charge in [-0.1, -0.05) is 24.3 Å². The number of carbonyl (C=O) groups is 1. The van der Waals surface area contributed by atoms with Crippen LogP contribution < -0.4 is 5.32 Å². The average Bonchev–Trinajstić information content (AvgIpc) is 3.10. The first-order chi connectivity index (χ1) is 14.5. The van der Waals surface area contributed by atoms with Crippen molar-refractivity contribution in [3.8, 4) is 0 Å². The van der Waals surface area contributed by atoms with E-state index in [1.165, 1.54) is 19.2 Å². The van der Waals surface area contributed by atoms with Crippen molar-refractivity contribution in [1.82, 2.24) is 9.55 Å². The number of nitrogens with one attached hydrogen (secondary N) is 1. The summed E-state index contributed by atoms with van der Waals surface area (Å²) in [4.78, 5) is 28.5. The van der Waals surface area contributed by atoms with Crippen molar-refractivity contribution < 1.29 is 19.2 Å². The van der Waals surface area contributed by atoms with Gasteiger partial charge in [0.25, 0.3) is 5.69 Å². The Hall–Kier alpha value is -3.72. The van der Waals surface area contributed by atoms with Crippen LogP contribution in [0, 0.1) is 10.1 Å². The van der Waals surface area contributed by atoms with Crippen molar-refractivity contribution >= 4 is 28.6 Å². The monoisotopic (exact) mass is 408 g/mol. The fraction of sp³-hybridized carbons (Fsp3) is 0.238. The predicted octanol–water partition coefficient (Wildman–Crippen LogP) is 3.42. The van der Waals surface area contributed by atoms with Crippen molar-refractivity contribution in [3.05, 3.63) is 75.5 Å². The van der Waals surface area contributed by atoms with Crippen LogP contribution in [0.3, 0.4) is 0 Å². The minimum absolute atomic E-state index is 0.0539. The Labute approximate surface area is 172 Å². The highest BCUT2D eigenvalue weighted by Crippen LogP contribution is 2.40. The lowest BCUT2D eigenvalue weighted by Gasteiger charge is -2.30. The maximum absolute atomic E-state index is 13.0. The fourth-order valence-corrected chi connectivity index (χ4v) is 3.65. The van der Waals surface area contributed by atoms with Gasteiger partial charge in [0.05, 0.1) is 34.2 Å². The summed E-state index contributed by atoms with van der Waals surface area (Å²) < 4.78 is 12.2. The molecule has 0 radical (unpaired) electrons. The minimum Gasteiger partial charge on any atom is -0.460 e. The van der Waals surface area contributed by atoms with Gasteiger partial charge in [0.1, 0.15) is 6.61 Å². The maximum atomic E-state index is 13.0. The molecule has 154 valence electrons. The lowest BCUT2D eigenvalue weighted by atomic mass is 9.94. The van der Waals surface area contributed by atoms with Crippen molar-refractivity contribution in [1.29, 1.82) is 0 Å². The van der Waals surface area contributed by atoms with Gasteiger partial charge in [-0.3, -0.25) is 14.7 Å². The van der Waals surface area contributed by atoms with E-state index in [0.717, 1.165) is 11.0 Å². The molecule has 3 aromatic rings. The molecule has 4 rings (SSSR count). The van der Waals surface area contributed by atoms with E-state index in [2.05, 4.69) is 10.3 Å². The van der Waals surface area contributed by atoms with Gasteiger partial charge in [-0.2, -0.15) is 0 Å². The summed E-state index contributed by atoms with van der Waals surface area (Å²) >= 11 is 0. The summed E-state index contributed by atoms with van der Waals surface area (Å²) in [6, 6.07) is 13.2. The summed E-state index contributed by atoms with van der Waals surface area (Å²) in [5.74, 6) is 0.0376. The molecule has 0 spiro atoms.